The van der Waals surface area contributed by atoms with Crippen molar-refractivity contribution in [3.8, 4) is 0 Å². The summed E-state index contributed by atoms with van der Waals surface area (Å²) in [5, 5.41) is 6.14. The normalized spacial score (nSPS) is 13.0. The van der Waals surface area contributed by atoms with Crippen molar-refractivity contribution in [3.63, 3.8) is 0 Å². The summed E-state index contributed by atoms with van der Waals surface area (Å²) in [6.07, 6.45) is 0.0720. The second-order valence-electron chi connectivity index (χ2n) is 7.01. The number of nitrogens with two attached hydrogens (primary N) is 1. The van der Waals surface area contributed by atoms with Crippen LogP contribution in [0.1, 0.15) is 30.6 Å². The van der Waals surface area contributed by atoms with Crippen molar-refractivity contribution in [2.24, 2.45) is 11.7 Å². The summed E-state index contributed by atoms with van der Waals surface area (Å²) in [7, 11) is 0. The molecule has 0 fully saturated rings. The number of esters is 1. The highest BCUT2D eigenvalue weighted by Gasteiger charge is 2.26. The van der Waals surface area contributed by atoms with E-state index >= 15 is 0 Å². The van der Waals surface area contributed by atoms with Gasteiger partial charge in [0.15, 0.2) is 0 Å². The maximum absolute atomic E-state index is 13.2. The zero-order chi connectivity index (χ0) is 21.0. The van der Waals surface area contributed by atoms with Crippen molar-refractivity contribution in [2.75, 3.05) is 6.61 Å². The molecular weight excluding hydrogens is 368 g/mol. The van der Waals surface area contributed by atoms with Gasteiger partial charge in [0.2, 0.25) is 5.91 Å². The Balaban J connectivity index is 1.97. The number of rotatable bonds is 7. The van der Waals surface area contributed by atoms with Gasteiger partial charge in [0, 0.05) is 0 Å². The minimum Gasteiger partial charge on any atom is -0.466 e. The monoisotopic (exact) mass is 392 g/mol. The van der Waals surface area contributed by atoms with Crippen molar-refractivity contribution in [1.82, 2.24) is 5.32 Å². The number of hydrogen-bond acceptors (Lipinski definition) is 4. The van der Waals surface area contributed by atoms with E-state index in [2.05, 4.69) is 5.32 Å². The van der Waals surface area contributed by atoms with Gasteiger partial charge in [-0.25, -0.2) is 0 Å². The average Bonchev–Trinajstić information content (AvgIpc) is 2.71. The Hall–Kier alpha value is -3.41. The second-order valence-corrected chi connectivity index (χ2v) is 7.01. The number of fused-ring (bicyclic) bond motifs is 2. The molecule has 0 heterocycles. The van der Waals surface area contributed by atoms with Crippen molar-refractivity contribution in [2.45, 2.75) is 26.3 Å². The predicted molar refractivity (Wildman–Crippen MR) is 112 cm³/mol. The average molecular weight is 392 g/mol. The Morgan fingerprint density at radius 2 is 1.55 bits per heavy atom. The molecule has 150 valence electrons. The highest BCUT2D eigenvalue weighted by Crippen LogP contribution is 2.28. The van der Waals surface area contributed by atoms with Crippen LogP contribution >= 0.6 is 0 Å². The Labute approximate surface area is 169 Å². The van der Waals surface area contributed by atoms with Crippen molar-refractivity contribution in [3.05, 3.63) is 60.2 Å². The van der Waals surface area contributed by atoms with Crippen molar-refractivity contribution < 1.29 is 19.1 Å². The number of primary amides is 1. The van der Waals surface area contributed by atoms with Gasteiger partial charge < -0.3 is 15.8 Å². The van der Waals surface area contributed by atoms with Crippen molar-refractivity contribution >= 4 is 39.3 Å². The molecule has 6 nitrogen and oxygen atoms in total. The van der Waals surface area contributed by atoms with Gasteiger partial charge >= 0.3 is 5.97 Å². The lowest BCUT2D eigenvalue weighted by atomic mass is 9.95. The smallest absolute Gasteiger partial charge is 0.308 e. The quantitative estimate of drug-likeness (QED) is 0.477. The van der Waals surface area contributed by atoms with E-state index < -0.39 is 29.7 Å². The summed E-state index contributed by atoms with van der Waals surface area (Å²) < 4.78 is 4.99. The standard InChI is InChI=1S/C23H24N2O4/c1-3-29-23(28)14(2)12-19(21(24)26)25-22(27)20-17-10-6-4-8-15(17)13-16-9-5-7-11-18(16)20/h4-11,13-14,19H,3,12H2,1-2H3,(H2,24,26)(H,25,27)/t14-,19-/m0/s1. The first-order chi connectivity index (χ1) is 13.9. The maximum atomic E-state index is 13.2. The first kappa shape index (κ1) is 20.3. The minimum absolute atomic E-state index is 0.0720. The molecule has 0 saturated carbocycles. The van der Waals surface area contributed by atoms with Crippen LogP contribution in [0, 0.1) is 5.92 Å². The van der Waals surface area contributed by atoms with Gasteiger partial charge in [-0.15, -0.1) is 0 Å². The van der Waals surface area contributed by atoms with Crippen LogP contribution in [-0.2, 0) is 14.3 Å². The van der Waals surface area contributed by atoms with Crippen LogP contribution in [0.25, 0.3) is 21.5 Å². The lowest BCUT2D eigenvalue weighted by Crippen LogP contribution is -2.46. The molecular formula is C23H24N2O4. The molecule has 3 aromatic carbocycles. The van der Waals surface area contributed by atoms with E-state index in [0.29, 0.717) is 5.56 Å². The zero-order valence-corrected chi connectivity index (χ0v) is 16.5. The van der Waals surface area contributed by atoms with Crippen LogP contribution < -0.4 is 11.1 Å². The van der Waals surface area contributed by atoms with Gasteiger partial charge in [-0.3, -0.25) is 14.4 Å². The second kappa shape index (κ2) is 8.73. The SMILES string of the molecule is CCOC(=O)[C@@H](C)C[C@H](NC(=O)c1c2ccccc2cc2ccccc12)C(N)=O. The number of carbonyl (C=O) groups excluding carboxylic acids is 3. The third-order valence-electron chi connectivity index (χ3n) is 4.93. The highest BCUT2D eigenvalue weighted by molar-refractivity contribution is 6.18. The molecule has 3 rings (SSSR count). The Morgan fingerprint density at radius 1 is 1.00 bits per heavy atom. The van der Waals surface area contributed by atoms with Gasteiger partial charge in [-0.1, -0.05) is 55.5 Å². The van der Waals surface area contributed by atoms with E-state index in [9.17, 15) is 14.4 Å². The topological polar surface area (TPSA) is 98.5 Å². The summed E-state index contributed by atoms with van der Waals surface area (Å²) in [4.78, 5) is 37.1. The number of benzene rings is 3. The summed E-state index contributed by atoms with van der Waals surface area (Å²) in [5.41, 5.74) is 5.99. The first-order valence-corrected chi connectivity index (χ1v) is 9.59. The fourth-order valence-corrected chi connectivity index (χ4v) is 3.47. The third kappa shape index (κ3) is 4.37. The Kier molecular flexibility index (Phi) is 6.12. The number of carbonyl (C=O) groups is 3. The minimum atomic E-state index is -0.986. The molecule has 0 unspecified atom stereocenters. The van der Waals surface area contributed by atoms with Crippen molar-refractivity contribution in [1.29, 1.82) is 0 Å². The highest BCUT2D eigenvalue weighted by atomic mass is 16.5. The number of amides is 2. The molecule has 2 atom stereocenters. The predicted octanol–water partition coefficient (Wildman–Crippen LogP) is 3.17. The molecule has 0 aliphatic rings. The fourth-order valence-electron chi connectivity index (χ4n) is 3.47. The van der Waals surface area contributed by atoms with E-state index in [-0.39, 0.29) is 13.0 Å². The van der Waals surface area contributed by atoms with Crippen LogP contribution in [0.15, 0.2) is 54.6 Å². The molecule has 0 spiro atoms. The molecule has 0 bridgehead atoms. The number of nitrogens with one attached hydrogen (secondary N) is 1. The maximum Gasteiger partial charge on any atom is 0.308 e. The van der Waals surface area contributed by atoms with Gasteiger partial charge in [-0.2, -0.15) is 0 Å². The summed E-state index contributed by atoms with van der Waals surface area (Å²) in [6, 6.07) is 16.2. The molecule has 3 N–H and O–H groups in total. The third-order valence-corrected chi connectivity index (χ3v) is 4.93. The van der Waals surface area contributed by atoms with E-state index in [4.69, 9.17) is 10.5 Å². The first-order valence-electron chi connectivity index (χ1n) is 9.59. The van der Waals surface area contributed by atoms with Gasteiger partial charge in [0.1, 0.15) is 6.04 Å². The molecule has 0 aliphatic heterocycles. The largest absolute Gasteiger partial charge is 0.466 e. The number of ether oxygens (including phenoxy) is 1. The molecule has 0 saturated heterocycles. The Morgan fingerprint density at radius 3 is 2.07 bits per heavy atom. The van der Waals surface area contributed by atoms with Crippen LogP contribution in [0.2, 0.25) is 0 Å². The lowest BCUT2D eigenvalue weighted by Gasteiger charge is -2.20. The van der Waals surface area contributed by atoms with Gasteiger partial charge in [-0.05, 0) is 41.0 Å². The summed E-state index contributed by atoms with van der Waals surface area (Å²) in [5.74, 6) is -2.10. The van der Waals surface area contributed by atoms with Crippen LogP contribution in [0.4, 0.5) is 0 Å². The van der Waals surface area contributed by atoms with Gasteiger partial charge in [0.25, 0.3) is 5.91 Å². The fraction of sp³-hybridized carbons (Fsp3) is 0.261. The molecule has 6 heteroatoms. The van der Waals surface area contributed by atoms with E-state index in [1.54, 1.807) is 13.8 Å². The molecule has 29 heavy (non-hydrogen) atoms. The number of hydrogen-bond donors (Lipinski definition) is 2. The Bertz CT molecular complexity index is 1020. The zero-order valence-electron chi connectivity index (χ0n) is 16.5. The molecule has 0 aromatic heterocycles. The lowest BCUT2D eigenvalue weighted by molar-refractivity contribution is -0.147. The van der Waals surface area contributed by atoms with Crippen LogP contribution in [0.3, 0.4) is 0 Å². The molecule has 0 aliphatic carbocycles. The van der Waals surface area contributed by atoms with E-state index in [0.717, 1.165) is 21.5 Å². The molecule has 0 radical (unpaired) electrons. The summed E-state index contributed by atoms with van der Waals surface area (Å²) >= 11 is 0. The van der Waals surface area contributed by atoms with E-state index in [1.165, 1.54) is 0 Å². The molecule has 2 amide bonds. The van der Waals surface area contributed by atoms with E-state index in [1.807, 2.05) is 54.6 Å². The summed E-state index contributed by atoms with van der Waals surface area (Å²) in [6.45, 7) is 3.61. The van der Waals surface area contributed by atoms with Crippen LogP contribution in [0.5, 0.6) is 0 Å². The molecule has 3 aromatic rings. The van der Waals surface area contributed by atoms with Gasteiger partial charge in [0.05, 0.1) is 18.1 Å². The van der Waals surface area contributed by atoms with Crippen LogP contribution in [-0.4, -0.2) is 30.4 Å².